The number of carbonyl (C=O) groups excluding carboxylic acids is 2. The molecule has 3 aromatic rings. The van der Waals surface area contributed by atoms with E-state index < -0.39 is 0 Å². The van der Waals surface area contributed by atoms with Crippen molar-refractivity contribution in [2.45, 2.75) is 13.5 Å². The second kappa shape index (κ2) is 9.58. The number of benzene rings is 3. The van der Waals surface area contributed by atoms with Gasteiger partial charge >= 0.3 is 0 Å². The number of halogens is 1. The van der Waals surface area contributed by atoms with Crippen molar-refractivity contribution in [2.24, 2.45) is 0 Å². The second-order valence-corrected chi connectivity index (χ2v) is 7.52. The molecule has 0 radical (unpaired) electrons. The molecule has 0 fully saturated rings. The number of hydrogen-bond donors (Lipinski definition) is 2. The lowest BCUT2D eigenvalue weighted by atomic mass is 10.1. The Morgan fingerprint density at radius 2 is 1.84 bits per heavy atom. The largest absolute Gasteiger partial charge is 0.494 e. The molecular weight excluding hydrogens is 428 g/mol. The molecule has 2 N–H and O–H groups in total. The van der Waals surface area contributed by atoms with Gasteiger partial charge in [-0.3, -0.25) is 9.59 Å². The van der Waals surface area contributed by atoms with E-state index in [-0.39, 0.29) is 17.6 Å². The monoisotopic (exact) mass is 448 g/mol. The van der Waals surface area contributed by atoms with Crippen LogP contribution in [-0.4, -0.2) is 18.4 Å². The lowest BCUT2D eigenvalue weighted by molar-refractivity contribution is -0.115. The van der Waals surface area contributed by atoms with E-state index in [1.807, 2.05) is 31.2 Å². The highest BCUT2D eigenvalue weighted by molar-refractivity contribution is 6.30. The van der Waals surface area contributed by atoms with Crippen LogP contribution in [0.25, 0.3) is 6.08 Å². The second-order valence-electron chi connectivity index (χ2n) is 7.09. The summed E-state index contributed by atoms with van der Waals surface area (Å²) in [5.74, 6) is 0.774. The van der Waals surface area contributed by atoms with Gasteiger partial charge < -0.3 is 20.1 Å². The van der Waals surface area contributed by atoms with Gasteiger partial charge in [-0.05, 0) is 66.6 Å². The summed E-state index contributed by atoms with van der Waals surface area (Å²) in [7, 11) is 0. The molecule has 1 aliphatic heterocycles. The van der Waals surface area contributed by atoms with Gasteiger partial charge in [0.2, 0.25) is 0 Å². The van der Waals surface area contributed by atoms with E-state index >= 15 is 0 Å². The van der Waals surface area contributed by atoms with Crippen LogP contribution >= 0.6 is 11.6 Å². The van der Waals surface area contributed by atoms with Crippen molar-refractivity contribution < 1.29 is 19.1 Å². The smallest absolute Gasteiger partial charge is 0.291 e. The van der Waals surface area contributed by atoms with Gasteiger partial charge in [0, 0.05) is 17.1 Å². The third-order valence-electron chi connectivity index (χ3n) is 4.79. The molecule has 0 unspecified atom stereocenters. The molecule has 0 bridgehead atoms. The molecule has 0 saturated carbocycles. The average molecular weight is 449 g/mol. The van der Waals surface area contributed by atoms with E-state index in [0.29, 0.717) is 35.2 Å². The Hall–Kier alpha value is -3.77. The van der Waals surface area contributed by atoms with E-state index in [1.165, 1.54) is 0 Å². The molecule has 0 saturated heterocycles. The number of ether oxygens (including phenoxy) is 2. The molecule has 0 atom stereocenters. The van der Waals surface area contributed by atoms with Crippen LogP contribution in [-0.2, 0) is 11.3 Å². The Balaban J connectivity index is 1.42. The van der Waals surface area contributed by atoms with Gasteiger partial charge in [0.25, 0.3) is 11.8 Å². The number of nitrogens with one attached hydrogen (secondary N) is 2. The molecule has 1 aliphatic rings. The summed E-state index contributed by atoms with van der Waals surface area (Å²) >= 11 is 5.90. The normalized spacial score (nSPS) is 13.7. The molecule has 2 amide bonds. The highest BCUT2D eigenvalue weighted by atomic mass is 35.5. The van der Waals surface area contributed by atoms with Crippen molar-refractivity contribution in [3.05, 3.63) is 94.2 Å². The van der Waals surface area contributed by atoms with Crippen LogP contribution in [0.1, 0.15) is 28.4 Å². The molecule has 7 heteroatoms. The van der Waals surface area contributed by atoms with Crippen molar-refractivity contribution in [3.8, 4) is 11.5 Å². The van der Waals surface area contributed by atoms with Gasteiger partial charge in [-0.15, -0.1) is 0 Å². The third kappa shape index (κ3) is 5.10. The van der Waals surface area contributed by atoms with Crippen LogP contribution in [0.15, 0.2) is 72.5 Å². The van der Waals surface area contributed by atoms with Crippen molar-refractivity contribution in [2.75, 3.05) is 11.9 Å². The minimum Gasteiger partial charge on any atom is -0.494 e. The van der Waals surface area contributed by atoms with Crippen LogP contribution in [0.2, 0.25) is 5.02 Å². The topological polar surface area (TPSA) is 76.7 Å². The fraction of sp³-hybridized carbons (Fsp3) is 0.120. The first-order valence-corrected chi connectivity index (χ1v) is 10.5. The molecule has 0 spiro atoms. The highest BCUT2D eigenvalue weighted by Gasteiger charge is 2.23. The number of anilines is 1. The van der Waals surface area contributed by atoms with E-state index in [9.17, 15) is 9.59 Å². The van der Waals surface area contributed by atoms with Gasteiger partial charge in [0.1, 0.15) is 5.75 Å². The summed E-state index contributed by atoms with van der Waals surface area (Å²) in [6.45, 7) is 2.91. The molecule has 32 heavy (non-hydrogen) atoms. The van der Waals surface area contributed by atoms with Gasteiger partial charge in [0.15, 0.2) is 11.5 Å². The zero-order chi connectivity index (χ0) is 22.5. The van der Waals surface area contributed by atoms with Gasteiger partial charge in [-0.25, -0.2) is 0 Å². The Kier molecular flexibility index (Phi) is 6.42. The van der Waals surface area contributed by atoms with Crippen LogP contribution in [0.3, 0.4) is 0 Å². The Labute approximate surface area is 190 Å². The molecule has 0 aromatic heterocycles. The van der Waals surface area contributed by atoms with Crippen LogP contribution in [0.4, 0.5) is 5.69 Å². The first kappa shape index (κ1) is 21.5. The number of amides is 2. The van der Waals surface area contributed by atoms with Crippen molar-refractivity contribution in [3.63, 3.8) is 0 Å². The fourth-order valence-corrected chi connectivity index (χ4v) is 3.29. The standard InChI is InChI=1S/C25H21ClN2O4/c1-2-31-20-10-5-17(6-11-20)15-27-24(29)18-7-12-22-21(14-18)28-25(30)23(32-22)13-16-3-8-19(26)9-4-16/h3-14H,2,15H2,1H3,(H,27,29)(H,28,30). The van der Waals surface area contributed by atoms with Crippen molar-refractivity contribution in [1.29, 1.82) is 0 Å². The summed E-state index contributed by atoms with van der Waals surface area (Å²) in [5.41, 5.74) is 2.60. The number of hydrogen-bond acceptors (Lipinski definition) is 4. The van der Waals surface area contributed by atoms with Crippen LogP contribution in [0, 0.1) is 0 Å². The molecule has 162 valence electrons. The lowest BCUT2D eigenvalue weighted by Crippen LogP contribution is -2.25. The van der Waals surface area contributed by atoms with E-state index in [0.717, 1.165) is 16.9 Å². The Morgan fingerprint density at radius 1 is 1.09 bits per heavy atom. The first-order chi connectivity index (χ1) is 15.5. The predicted molar refractivity (Wildman–Crippen MR) is 124 cm³/mol. The average Bonchev–Trinajstić information content (AvgIpc) is 2.80. The number of fused-ring (bicyclic) bond motifs is 1. The number of rotatable bonds is 6. The molecule has 1 heterocycles. The maximum atomic E-state index is 12.6. The summed E-state index contributed by atoms with van der Waals surface area (Å²) in [6, 6.07) is 19.5. The zero-order valence-corrected chi connectivity index (χ0v) is 18.1. The summed E-state index contributed by atoms with van der Waals surface area (Å²) in [4.78, 5) is 25.0. The first-order valence-electron chi connectivity index (χ1n) is 10.1. The fourth-order valence-electron chi connectivity index (χ4n) is 3.17. The lowest BCUT2D eigenvalue weighted by Gasteiger charge is -2.20. The van der Waals surface area contributed by atoms with E-state index in [2.05, 4.69) is 10.6 Å². The van der Waals surface area contributed by atoms with Crippen LogP contribution in [0.5, 0.6) is 11.5 Å². The number of carbonyl (C=O) groups is 2. The zero-order valence-electron chi connectivity index (χ0n) is 17.4. The minimum atomic E-state index is -0.389. The maximum absolute atomic E-state index is 12.6. The van der Waals surface area contributed by atoms with Crippen molar-refractivity contribution in [1.82, 2.24) is 5.32 Å². The van der Waals surface area contributed by atoms with Crippen molar-refractivity contribution >= 4 is 35.2 Å². The quantitative estimate of drug-likeness (QED) is 0.518. The maximum Gasteiger partial charge on any atom is 0.291 e. The third-order valence-corrected chi connectivity index (χ3v) is 5.04. The molecule has 0 aliphatic carbocycles. The van der Waals surface area contributed by atoms with E-state index in [1.54, 1.807) is 48.5 Å². The van der Waals surface area contributed by atoms with Crippen LogP contribution < -0.4 is 20.1 Å². The Bertz CT molecular complexity index is 1170. The van der Waals surface area contributed by atoms with Gasteiger partial charge in [0.05, 0.1) is 12.3 Å². The molecule has 4 rings (SSSR count). The predicted octanol–water partition coefficient (Wildman–Crippen LogP) is 5.04. The summed E-state index contributed by atoms with van der Waals surface area (Å²) in [6.07, 6.45) is 1.63. The van der Waals surface area contributed by atoms with Gasteiger partial charge in [-0.2, -0.15) is 0 Å². The Morgan fingerprint density at radius 3 is 2.56 bits per heavy atom. The van der Waals surface area contributed by atoms with Gasteiger partial charge in [-0.1, -0.05) is 35.9 Å². The molecular formula is C25H21ClN2O4. The summed E-state index contributed by atoms with van der Waals surface area (Å²) < 4.78 is 11.2. The molecule has 6 nitrogen and oxygen atoms in total. The molecule has 3 aromatic carbocycles. The summed E-state index contributed by atoms with van der Waals surface area (Å²) in [5, 5.41) is 6.26. The SMILES string of the molecule is CCOc1ccc(CNC(=O)c2ccc3c(c2)NC(=O)C(=Cc2ccc(Cl)cc2)O3)cc1. The minimum absolute atomic E-state index is 0.160. The van der Waals surface area contributed by atoms with E-state index in [4.69, 9.17) is 21.1 Å². The highest BCUT2D eigenvalue weighted by Crippen LogP contribution is 2.32.